The molecule has 2 heterocycles. The van der Waals surface area contributed by atoms with Crippen LogP contribution in [0.15, 0.2) is 57.7 Å². The fraction of sp³-hybridized carbons (Fsp3) is 0.200. The topological polar surface area (TPSA) is 59.8 Å². The Morgan fingerprint density at radius 1 is 1.16 bits per heavy atom. The van der Waals surface area contributed by atoms with E-state index in [9.17, 15) is 9.59 Å². The number of carbonyl (C=O) groups is 1. The molecule has 0 aliphatic carbocycles. The highest BCUT2D eigenvalue weighted by molar-refractivity contribution is 6.07. The second-order valence-corrected chi connectivity index (χ2v) is 6.02. The molecule has 0 spiro atoms. The van der Waals surface area contributed by atoms with Crippen LogP contribution in [0.5, 0.6) is 5.75 Å². The van der Waals surface area contributed by atoms with Crippen molar-refractivity contribution >= 4 is 22.6 Å². The molecule has 1 aliphatic rings. The quantitative estimate of drug-likeness (QED) is 0.674. The summed E-state index contributed by atoms with van der Waals surface area (Å²) in [7, 11) is 1.51. The monoisotopic (exact) mass is 335 g/mol. The van der Waals surface area contributed by atoms with Crippen LogP contribution in [0.3, 0.4) is 0 Å². The van der Waals surface area contributed by atoms with E-state index in [1.165, 1.54) is 7.11 Å². The maximum absolute atomic E-state index is 13.0. The third kappa shape index (κ3) is 2.58. The first kappa shape index (κ1) is 15.4. The standard InChI is InChI=1S/C20H17NO4/c1-24-17-10-4-7-14-12-15(20(23)25-18(14)17)19(22)21-11-5-8-13-6-2-3-9-16(13)21/h2-4,6-7,9-10,12H,5,8,11H2,1H3. The third-order valence-electron chi connectivity index (χ3n) is 4.53. The lowest BCUT2D eigenvalue weighted by atomic mass is 10.0. The van der Waals surface area contributed by atoms with Gasteiger partial charge in [-0.3, -0.25) is 4.79 Å². The van der Waals surface area contributed by atoms with Gasteiger partial charge in [0.25, 0.3) is 5.91 Å². The number of nitrogens with zero attached hydrogens (tertiary/aromatic N) is 1. The van der Waals surface area contributed by atoms with Gasteiger partial charge < -0.3 is 14.1 Å². The molecular weight excluding hydrogens is 318 g/mol. The second-order valence-electron chi connectivity index (χ2n) is 6.02. The van der Waals surface area contributed by atoms with E-state index in [2.05, 4.69) is 0 Å². The van der Waals surface area contributed by atoms with E-state index in [1.807, 2.05) is 24.3 Å². The predicted molar refractivity (Wildman–Crippen MR) is 95.5 cm³/mol. The summed E-state index contributed by atoms with van der Waals surface area (Å²) < 4.78 is 10.6. The van der Waals surface area contributed by atoms with Gasteiger partial charge in [0.05, 0.1) is 7.11 Å². The SMILES string of the molecule is COc1cccc2cc(C(=O)N3CCCc4ccccc43)c(=O)oc12. The average molecular weight is 335 g/mol. The fourth-order valence-electron chi connectivity index (χ4n) is 3.32. The Kier molecular flexibility index (Phi) is 3.76. The Morgan fingerprint density at radius 2 is 2.00 bits per heavy atom. The van der Waals surface area contributed by atoms with E-state index in [4.69, 9.17) is 9.15 Å². The van der Waals surface area contributed by atoms with Crippen LogP contribution >= 0.6 is 0 Å². The van der Waals surface area contributed by atoms with Crippen molar-refractivity contribution in [2.45, 2.75) is 12.8 Å². The molecular formula is C20H17NO4. The molecule has 0 saturated heterocycles. The van der Waals surface area contributed by atoms with Crippen molar-refractivity contribution in [3.63, 3.8) is 0 Å². The maximum Gasteiger partial charge on any atom is 0.349 e. The van der Waals surface area contributed by atoms with Crippen LogP contribution in [-0.2, 0) is 6.42 Å². The molecule has 5 heteroatoms. The highest BCUT2D eigenvalue weighted by Gasteiger charge is 2.26. The Balaban J connectivity index is 1.82. The van der Waals surface area contributed by atoms with Crippen LogP contribution in [0.25, 0.3) is 11.0 Å². The number of methoxy groups -OCH3 is 1. The van der Waals surface area contributed by atoms with Crippen LogP contribution in [0.2, 0.25) is 0 Å². The van der Waals surface area contributed by atoms with Crippen LogP contribution in [-0.4, -0.2) is 19.6 Å². The smallest absolute Gasteiger partial charge is 0.349 e. The van der Waals surface area contributed by atoms with Gasteiger partial charge in [0.15, 0.2) is 11.3 Å². The third-order valence-corrected chi connectivity index (χ3v) is 4.53. The molecule has 0 N–H and O–H groups in total. The van der Waals surface area contributed by atoms with Gasteiger partial charge in [-0.2, -0.15) is 0 Å². The summed E-state index contributed by atoms with van der Waals surface area (Å²) >= 11 is 0. The number of hydrogen-bond acceptors (Lipinski definition) is 4. The van der Waals surface area contributed by atoms with Gasteiger partial charge in [0.1, 0.15) is 5.56 Å². The number of fused-ring (bicyclic) bond motifs is 2. The summed E-state index contributed by atoms with van der Waals surface area (Å²) in [5.74, 6) is 0.141. The van der Waals surface area contributed by atoms with E-state index in [-0.39, 0.29) is 11.5 Å². The van der Waals surface area contributed by atoms with E-state index in [1.54, 1.807) is 29.2 Å². The zero-order valence-electron chi connectivity index (χ0n) is 13.8. The summed E-state index contributed by atoms with van der Waals surface area (Å²) in [6.45, 7) is 0.589. The molecule has 1 aliphatic heterocycles. The summed E-state index contributed by atoms with van der Waals surface area (Å²) in [5.41, 5.74) is 1.73. The lowest BCUT2D eigenvalue weighted by molar-refractivity contribution is 0.0981. The zero-order valence-corrected chi connectivity index (χ0v) is 13.8. The Hall–Kier alpha value is -3.08. The Bertz CT molecular complexity index is 1020. The van der Waals surface area contributed by atoms with Crippen molar-refractivity contribution in [2.24, 2.45) is 0 Å². The number of carbonyl (C=O) groups excluding carboxylic acids is 1. The molecule has 3 aromatic rings. The van der Waals surface area contributed by atoms with E-state index in [0.717, 1.165) is 24.1 Å². The van der Waals surface area contributed by atoms with Crippen LogP contribution < -0.4 is 15.3 Å². The van der Waals surface area contributed by atoms with Crippen LogP contribution in [0.1, 0.15) is 22.3 Å². The number of ether oxygens (including phenoxy) is 1. The first-order chi connectivity index (χ1) is 12.2. The lowest BCUT2D eigenvalue weighted by Gasteiger charge is -2.29. The Labute approximate surface area is 144 Å². The molecule has 0 atom stereocenters. The predicted octanol–water partition coefficient (Wildman–Crippen LogP) is 3.39. The van der Waals surface area contributed by atoms with Gasteiger partial charge in [-0.15, -0.1) is 0 Å². The van der Waals surface area contributed by atoms with Crippen molar-refractivity contribution in [1.29, 1.82) is 0 Å². The molecule has 0 saturated carbocycles. The maximum atomic E-state index is 13.0. The molecule has 4 rings (SSSR count). The highest BCUT2D eigenvalue weighted by Crippen LogP contribution is 2.29. The molecule has 25 heavy (non-hydrogen) atoms. The number of benzene rings is 2. The van der Waals surface area contributed by atoms with Gasteiger partial charge in [-0.1, -0.05) is 30.3 Å². The highest BCUT2D eigenvalue weighted by atomic mass is 16.5. The van der Waals surface area contributed by atoms with Gasteiger partial charge in [-0.25, -0.2) is 4.79 Å². The van der Waals surface area contributed by atoms with Crippen molar-refractivity contribution in [2.75, 3.05) is 18.6 Å². The summed E-state index contributed by atoms with van der Waals surface area (Å²) in [4.78, 5) is 27.1. The molecule has 2 aromatic carbocycles. The minimum absolute atomic E-state index is 0.0393. The molecule has 1 aromatic heterocycles. The van der Waals surface area contributed by atoms with Crippen LogP contribution in [0.4, 0.5) is 5.69 Å². The van der Waals surface area contributed by atoms with Gasteiger partial charge >= 0.3 is 5.63 Å². The molecule has 5 nitrogen and oxygen atoms in total. The molecule has 0 unspecified atom stereocenters. The first-order valence-electron chi connectivity index (χ1n) is 8.19. The molecule has 1 amide bonds. The normalized spacial score (nSPS) is 13.6. The van der Waals surface area contributed by atoms with Crippen molar-refractivity contribution < 1.29 is 13.9 Å². The number of rotatable bonds is 2. The van der Waals surface area contributed by atoms with Crippen LogP contribution in [0, 0.1) is 0 Å². The van der Waals surface area contributed by atoms with Crippen molar-refractivity contribution in [1.82, 2.24) is 0 Å². The molecule has 126 valence electrons. The van der Waals surface area contributed by atoms with E-state index in [0.29, 0.717) is 23.3 Å². The average Bonchev–Trinajstić information content (AvgIpc) is 2.66. The summed E-state index contributed by atoms with van der Waals surface area (Å²) in [6, 6.07) is 14.7. The molecule has 0 bridgehead atoms. The zero-order chi connectivity index (χ0) is 17.4. The van der Waals surface area contributed by atoms with E-state index < -0.39 is 5.63 Å². The lowest BCUT2D eigenvalue weighted by Crippen LogP contribution is -2.37. The first-order valence-corrected chi connectivity index (χ1v) is 8.19. The molecule has 0 radical (unpaired) electrons. The van der Waals surface area contributed by atoms with E-state index >= 15 is 0 Å². The summed E-state index contributed by atoms with van der Waals surface area (Å²) in [6.07, 6.45) is 1.80. The van der Waals surface area contributed by atoms with Gasteiger partial charge in [-0.05, 0) is 36.6 Å². The number of amides is 1. The second kappa shape index (κ2) is 6.09. The fourth-order valence-corrected chi connectivity index (χ4v) is 3.32. The van der Waals surface area contributed by atoms with Gasteiger partial charge in [0.2, 0.25) is 0 Å². The Morgan fingerprint density at radius 3 is 2.84 bits per heavy atom. The van der Waals surface area contributed by atoms with Gasteiger partial charge in [0, 0.05) is 17.6 Å². The molecule has 0 fully saturated rings. The number of anilines is 1. The summed E-state index contributed by atoms with van der Waals surface area (Å²) in [5, 5.41) is 0.660. The van der Waals surface area contributed by atoms with Crippen molar-refractivity contribution in [3.05, 3.63) is 70.1 Å². The minimum atomic E-state index is -0.648. The number of aryl methyl sites for hydroxylation is 1. The largest absolute Gasteiger partial charge is 0.493 e. The number of para-hydroxylation sites is 2. The minimum Gasteiger partial charge on any atom is -0.493 e. The van der Waals surface area contributed by atoms with Crippen molar-refractivity contribution in [3.8, 4) is 5.75 Å². The number of hydrogen-bond donors (Lipinski definition) is 0.